The fourth-order valence-electron chi connectivity index (χ4n) is 3.46. The summed E-state index contributed by atoms with van der Waals surface area (Å²) in [4.78, 5) is 29.8. The van der Waals surface area contributed by atoms with Crippen LogP contribution in [0.4, 0.5) is 11.4 Å². The highest BCUT2D eigenvalue weighted by molar-refractivity contribution is 6.36. The fraction of sp³-hybridized carbons (Fsp3) is 0.385. The van der Waals surface area contributed by atoms with Crippen LogP contribution in [0.25, 0.3) is 5.57 Å². The molecule has 6 heteroatoms. The summed E-state index contributed by atoms with van der Waals surface area (Å²) in [6.45, 7) is 9.17. The summed E-state index contributed by atoms with van der Waals surface area (Å²) in [7, 11) is 3.95. The predicted octanol–water partition coefficient (Wildman–Crippen LogP) is 4.64. The Morgan fingerprint density at radius 3 is 2.03 bits per heavy atom. The second-order valence-corrected chi connectivity index (χ2v) is 9.16. The molecule has 0 bridgehead atoms. The second kappa shape index (κ2) is 9.90. The first-order valence-electron chi connectivity index (χ1n) is 11.1. The van der Waals surface area contributed by atoms with E-state index in [1.165, 1.54) is 4.90 Å². The summed E-state index contributed by atoms with van der Waals surface area (Å²) in [6, 6.07) is 15.1. The summed E-state index contributed by atoms with van der Waals surface area (Å²) in [5.74, 6) is 0.774. The SMILES string of the molecule is CC(C)COc1ccc(C2=C(Nc3ccc(N(C)C)cc3)C(=O)N(CC(C)C)C2=O)cc1. The van der Waals surface area contributed by atoms with E-state index in [2.05, 4.69) is 19.2 Å². The van der Waals surface area contributed by atoms with Crippen LogP contribution in [0.2, 0.25) is 0 Å². The molecule has 0 atom stereocenters. The molecule has 0 fully saturated rings. The molecule has 1 aliphatic rings. The third kappa shape index (κ3) is 5.31. The molecule has 1 N–H and O–H groups in total. The predicted molar refractivity (Wildman–Crippen MR) is 130 cm³/mol. The molecular weight excluding hydrogens is 402 g/mol. The summed E-state index contributed by atoms with van der Waals surface area (Å²) in [5, 5.41) is 3.21. The van der Waals surface area contributed by atoms with Gasteiger partial charge in [-0.3, -0.25) is 14.5 Å². The lowest BCUT2D eigenvalue weighted by molar-refractivity contribution is -0.137. The van der Waals surface area contributed by atoms with E-state index in [1.54, 1.807) is 0 Å². The van der Waals surface area contributed by atoms with Gasteiger partial charge in [0.2, 0.25) is 0 Å². The zero-order chi connectivity index (χ0) is 23.4. The number of imide groups is 1. The molecular formula is C26H33N3O3. The minimum Gasteiger partial charge on any atom is -0.493 e. The molecule has 0 saturated heterocycles. The van der Waals surface area contributed by atoms with Crippen molar-refractivity contribution in [2.75, 3.05) is 37.5 Å². The monoisotopic (exact) mass is 435 g/mol. The Labute approximate surface area is 190 Å². The van der Waals surface area contributed by atoms with E-state index in [1.807, 2.05) is 81.4 Å². The van der Waals surface area contributed by atoms with Gasteiger partial charge in [-0.15, -0.1) is 0 Å². The van der Waals surface area contributed by atoms with Gasteiger partial charge in [0.05, 0.1) is 12.2 Å². The Hall–Kier alpha value is -3.28. The number of hydrogen-bond acceptors (Lipinski definition) is 5. The van der Waals surface area contributed by atoms with Crippen molar-refractivity contribution < 1.29 is 14.3 Å². The van der Waals surface area contributed by atoms with Crippen molar-refractivity contribution in [1.82, 2.24) is 4.90 Å². The molecule has 0 aromatic heterocycles. The molecule has 0 aliphatic carbocycles. The van der Waals surface area contributed by atoms with Crippen LogP contribution in [0.5, 0.6) is 5.75 Å². The number of rotatable bonds is 9. The van der Waals surface area contributed by atoms with Crippen molar-refractivity contribution in [3.05, 3.63) is 59.8 Å². The van der Waals surface area contributed by atoms with E-state index in [0.717, 1.165) is 17.1 Å². The maximum absolute atomic E-state index is 13.3. The largest absolute Gasteiger partial charge is 0.493 e. The minimum atomic E-state index is -0.296. The highest BCUT2D eigenvalue weighted by Gasteiger charge is 2.39. The number of hydrogen-bond donors (Lipinski definition) is 1. The lowest BCUT2D eigenvalue weighted by atomic mass is 10.0. The van der Waals surface area contributed by atoms with Gasteiger partial charge in [0.25, 0.3) is 11.8 Å². The van der Waals surface area contributed by atoms with Gasteiger partial charge in [-0.2, -0.15) is 0 Å². The Kier molecular flexibility index (Phi) is 7.23. The second-order valence-electron chi connectivity index (χ2n) is 9.16. The minimum absolute atomic E-state index is 0.176. The standard InChI is InChI=1S/C26H33N3O3/c1-17(2)15-29-25(30)23(19-7-13-22(14-8-19)32-16-18(3)4)24(26(29)31)27-20-9-11-21(12-10-20)28(5)6/h7-14,17-18,27H,15-16H2,1-6H3. The highest BCUT2D eigenvalue weighted by Crippen LogP contribution is 2.32. The van der Waals surface area contributed by atoms with Crippen LogP contribution in [-0.4, -0.2) is 44.0 Å². The van der Waals surface area contributed by atoms with Crippen LogP contribution in [0.3, 0.4) is 0 Å². The number of nitrogens with one attached hydrogen (secondary N) is 1. The Balaban J connectivity index is 1.95. The van der Waals surface area contributed by atoms with Crippen molar-refractivity contribution in [2.24, 2.45) is 11.8 Å². The van der Waals surface area contributed by atoms with Crippen LogP contribution in [0.1, 0.15) is 33.3 Å². The van der Waals surface area contributed by atoms with Crippen molar-refractivity contribution >= 4 is 28.8 Å². The molecule has 2 aromatic rings. The molecule has 3 rings (SSSR count). The van der Waals surface area contributed by atoms with Gasteiger partial charge in [-0.1, -0.05) is 39.8 Å². The Bertz CT molecular complexity index is 990. The van der Waals surface area contributed by atoms with Gasteiger partial charge in [-0.25, -0.2) is 0 Å². The third-order valence-electron chi connectivity index (χ3n) is 5.10. The van der Waals surface area contributed by atoms with Crippen LogP contribution in [-0.2, 0) is 9.59 Å². The van der Waals surface area contributed by atoms with E-state index in [9.17, 15) is 9.59 Å². The van der Waals surface area contributed by atoms with Crippen LogP contribution in [0, 0.1) is 11.8 Å². The Morgan fingerprint density at radius 1 is 0.875 bits per heavy atom. The molecule has 2 amide bonds. The molecule has 0 unspecified atom stereocenters. The van der Waals surface area contributed by atoms with Gasteiger partial charge in [0, 0.05) is 32.0 Å². The van der Waals surface area contributed by atoms with E-state index in [0.29, 0.717) is 35.9 Å². The van der Waals surface area contributed by atoms with Crippen molar-refractivity contribution in [2.45, 2.75) is 27.7 Å². The molecule has 2 aromatic carbocycles. The number of benzene rings is 2. The first-order valence-corrected chi connectivity index (χ1v) is 11.1. The summed E-state index contributed by atoms with van der Waals surface area (Å²) in [6.07, 6.45) is 0. The quantitative estimate of drug-likeness (QED) is 0.582. The van der Waals surface area contributed by atoms with Gasteiger partial charge in [0.1, 0.15) is 11.4 Å². The fourth-order valence-corrected chi connectivity index (χ4v) is 3.46. The summed E-state index contributed by atoms with van der Waals surface area (Å²) >= 11 is 0. The lowest BCUT2D eigenvalue weighted by Gasteiger charge is -2.17. The first-order chi connectivity index (χ1) is 15.2. The zero-order valence-corrected chi connectivity index (χ0v) is 19.8. The number of ether oxygens (including phenoxy) is 1. The van der Waals surface area contributed by atoms with E-state index in [4.69, 9.17) is 4.74 Å². The third-order valence-corrected chi connectivity index (χ3v) is 5.10. The van der Waals surface area contributed by atoms with Crippen LogP contribution in [0.15, 0.2) is 54.2 Å². The molecule has 32 heavy (non-hydrogen) atoms. The van der Waals surface area contributed by atoms with Crippen LogP contribution >= 0.6 is 0 Å². The van der Waals surface area contributed by atoms with Crippen molar-refractivity contribution in [1.29, 1.82) is 0 Å². The molecule has 170 valence electrons. The number of anilines is 2. The van der Waals surface area contributed by atoms with Gasteiger partial charge >= 0.3 is 0 Å². The smallest absolute Gasteiger partial charge is 0.278 e. The highest BCUT2D eigenvalue weighted by atomic mass is 16.5. The van der Waals surface area contributed by atoms with Gasteiger partial charge in [0.15, 0.2) is 0 Å². The first kappa shape index (κ1) is 23.4. The average Bonchev–Trinajstić information content (AvgIpc) is 2.97. The number of carbonyl (C=O) groups excluding carboxylic acids is 2. The maximum Gasteiger partial charge on any atom is 0.278 e. The molecule has 0 spiro atoms. The lowest BCUT2D eigenvalue weighted by Crippen LogP contribution is -2.35. The normalized spacial score (nSPS) is 14.1. The number of amides is 2. The van der Waals surface area contributed by atoms with Crippen molar-refractivity contribution in [3.63, 3.8) is 0 Å². The molecule has 6 nitrogen and oxygen atoms in total. The van der Waals surface area contributed by atoms with E-state index >= 15 is 0 Å². The number of carbonyl (C=O) groups is 2. The topological polar surface area (TPSA) is 61.9 Å². The van der Waals surface area contributed by atoms with E-state index in [-0.39, 0.29) is 17.7 Å². The van der Waals surface area contributed by atoms with Crippen molar-refractivity contribution in [3.8, 4) is 5.75 Å². The molecule has 0 radical (unpaired) electrons. The Morgan fingerprint density at radius 2 is 1.50 bits per heavy atom. The maximum atomic E-state index is 13.3. The van der Waals surface area contributed by atoms with Gasteiger partial charge in [-0.05, 0) is 53.8 Å². The average molecular weight is 436 g/mol. The zero-order valence-electron chi connectivity index (χ0n) is 19.8. The van der Waals surface area contributed by atoms with E-state index < -0.39 is 0 Å². The number of nitrogens with zero attached hydrogens (tertiary/aromatic N) is 2. The molecule has 1 heterocycles. The molecule has 0 saturated carbocycles. The summed E-state index contributed by atoms with van der Waals surface area (Å²) < 4.78 is 5.76. The van der Waals surface area contributed by atoms with Crippen LogP contribution < -0.4 is 15.0 Å². The van der Waals surface area contributed by atoms with Gasteiger partial charge < -0.3 is 15.0 Å². The molecule has 1 aliphatic heterocycles. The summed E-state index contributed by atoms with van der Waals surface area (Å²) in [5.41, 5.74) is 3.20.